The Kier molecular flexibility index (Phi) is 9.85. The van der Waals surface area contributed by atoms with Crippen molar-refractivity contribution in [1.82, 2.24) is 19.9 Å². The predicted octanol–water partition coefficient (Wildman–Crippen LogP) is 13.8. The topological polar surface area (TPSA) is 57.4 Å². The number of benzene rings is 4. The Labute approximate surface area is 346 Å². The maximum absolute atomic E-state index is 5.54. The third-order valence-corrected chi connectivity index (χ3v) is 12.2. The van der Waals surface area contributed by atoms with Crippen LogP contribution in [0.15, 0.2) is 97.1 Å². The molecule has 2 aliphatic heterocycles. The summed E-state index contributed by atoms with van der Waals surface area (Å²) in [7, 11) is 0. The van der Waals surface area contributed by atoms with Crippen molar-refractivity contribution in [3.63, 3.8) is 0 Å². The maximum atomic E-state index is 5.54. The molecule has 0 unspecified atom stereocenters. The molecular weight excluding hydrogens is 736 g/mol. The molecule has 4 aromatic carbocycles. The SMILES string of the molecule is Cc1cccc(-c2c3nc(c(-c4cccc(C)c4C)c4ccc([nH]4)c(-c4cccc(C)c4C)c4nc(c(-c5cccc(C)c5C)c5ccc2[nH]5)C=C4)C=C3)c1C.[Mn]. The number of fused-ring (bicyclic) bond motifs is 8. The first-order chi connectivity index (χ1) is 27.1. The van der Waals surface area contributed by atoms with Crippen molar-refractivity contribution >= 4 is 46.4 Å². The van der Waals surface area contributed by atoms with Gasteiger partial charge in [0, 0.05) is 61.4 Å². The van der Waals surface area contributed by atoms with Crippen LogP contribution >= 0.6 is 0 Å². The largest absolute Gasteiger partial charge is 0.354 e. The van der Waals surface area contributed by atoms with Crippen molar-refractivity contribution in [1.29, 1.82) is 0 Å². The summed E-state index contributed by atoms with van der Waals surface area (Å²) in [5.74, 6) is 0. The number of nitrogens with zero attached hydrogens (tertiary/aromatic N) is 2. The van der Waals surface area contributed by atoms with E-state index in [2.05, 4.69) is 187 Å². The first kappa shape index (κ1) is 37.9. The van der Waals surface area contributed by atoms with Gasteiger partial charge in [-0.05, 0) is 171 Å². The van der Waals surface area contributed by atoms with Crippen molar-refractivity contribution in [3.8, 4) is 44.5 Å². The van der Waals surface area contributed by atoms with Crippen LogP contribution in [0.25, 0.3) is 90.9 Å². The minimum absolute atomic E-state index is 0. The second-order valence-electron chi connectivity index (χ2n) is 15.5. The average Bonchev–Trinajstić information content (AvgIpc) is 4.03. The molecule has 281 valence electrons. The molecular formula is C52H46MnN4. The number of aryl methyl sites for hydroxylation is 4. The third kappa shape index (κ3) is 6.42. The molecule has 0 atom stereocenters. The molecule has 3 aromatic heterocycles. The summed E-state index contributed by atoms with van der Waals surface area (Å²) in [6, 6.07) is 35.1. The molecule has 5 heterocycles. The number of aromatic nitrogens is 4. The van der Waals surface area contributed by atoms with Gasteiger partial charge in [-0.1, -0.05) is 72.8 Å². The van der Waals surface area contributed by atoms with Crippen LogP contribution in [0.5, 0.6) is 0 Å². The fourth-order valence-electron chi connectivity index (χ4n) is 8.43. The number of hydrogen-bond donors (Lipinski definition) is 2. The van der Waals surface area contributed by atoms with E-state index in [4.69, 9.17) is 9.97 Å². The molecule has 0 fully saturated rings. The Morgan fingerprint density at radius 1 is 0.316 bits per heavy atom. The van der Waals surface area contributed by atoms with E-state index in [1.165, 1.54) is 44.5 Å². The molecule has 8 bridgehead atoms. The van der Waals surface area contributed by atoms with Gasteiger partial charge in [-0.25, -0.2) is 9.97 Å². The van der Waals surface area contributed by atoms with Gasteiger partial charge < -0.3 is 9.97 Å². The molecule has 2 N–H and O–H groups in total. The van der Waals surface area contributed by atoms with Crippen molar-refractivity contribution < 1.29 is 17.1 Å². The molecule has 2 aliphatic rings. The number of rotatable bonds is 4. The Morgan fingerprint density at radius 2 is 0.544 bits per heavy atom. The van der Waals surface area contributed by atoms with Crippen LogP contribution in [0.2, 0.25) is 0 Å². The van der Waals surface area contributed by atoms with E-state index in [0.717, 1.165) is 89.4 Å². The van der Waals surface area contributed by atoms with Gasteiger partial charge in [0.1, 0.15) is 0 Å². The van der Waals surface area contributed by atoms with E-state index in [-0.39, 0.29) is 17.1 Å². The molecule has 0 spiro atoms. The first-order valence-corrected chi connectivity index (χ1v) is 19.5. The summed E-state index contributed by atoms with van der Waals surface area (Å²) in [6.45, 7) is 17.6. The standard InChI is InChI=1S/C52H46N4.Mn/c1-29-13-9-17-37(33(29)5)49-41-21-23-43(53-41)50(38-18-10-14-30(2)34(38)6)45-25-27-47(55-45)52(40-20-12-16-32(4)36(40)8)48-28-26-46(56-48)51(44-24-22-42(49)54-44)39-19-11-15-31(3)35(39)7;/h9-28,53,56H,1-8H3;. The van der Waals surface area contributed by atoms with Crippen molar-refractivity contribution in [3.05, 3.63) is 164 Å². The molecule has 4 nitrogen and oxygen atoms in total. The minimum Gasteiger partial charge on any atom is -0.354 e. The summed E-state index contributed by atoms with van der Waals surface area (Å²) in [5.41, 5.74) is 26.6. The van der Waals surface area contributed by atoms with Gasteiger partial charge in [0.25, 0.3) is 0 Å². The van der Waals surface area contributed by atoms with Gasteiger partial charge in [-0.15, -0.1) is 0 Å². The predicted molar refractivity (Wildman–Crippen MR) is 238 cm³/mol. The molecule has 5 heteroatoms. The van der Waals surface area contributed by atoms with Crippen molar-refractivity contribution in [2.45, 2.75) is 55.4 Å². The Morgan fingerprint density at radius 3 is 0.772 bits per heavy atom. The van der Waals surface area contributed by atoms with Gasteiger partial charge in [0.2, 0.25) is 0 Å². The van der Waals surface area contributed by atoms with Crippen LogP contribution in [0.4, 0.5) is 0 Å². The monoisotopic (exact) mass is 781 g/mol. The molecule has 0 saturated carbocycles. The van der Waals surface area contributed by atoms with Crippen molar-refractivity contribution in [2.24, 2.45) is 0 Å². The quantitative estimate of drug-likeness (QED) is 0.175. The molecule has 0 amide bonds. The molecule has 0 saturated heterocycles. The molecule has 1 radical (unpaired) electrons. The van der Waals surface area contributed by atoms with Crippen LogP contribution in [-0.4, -0.2) is 19.9 Å². The third-order valence-electron chi connectivity index (χ3n) is 12.2. The Balaban J connectivity index is 0.00000455. The second-order valence-corrected chi connectivity index (χ2v) is 15.5. The smallest absolute Gasteiger partial charge is 0.0737 e. The number of hydrogen-bond acceptors (Lipinski definition) is 2. The number of nitrogens with one attached hydrogen (secondary N) is 2. The van der Waals surface area contributed by atoms with Gasteiger partial charge in [-0.3, -0.25) is 0 Å². The van der Waals surface area contributed by atoms with Crippen LogP contribution < -0.4 is 0 Å². The number of aromatic amines is 2. The van der Waals surface area contributed by atoms with E-state index in [1.807, 2.05) is 0 Å². The summed E-state index contributed by atoms with van der Waals surface area (Å²) < 4.78 is 0. The minimum atomic E-state index is 0. The normalized spacial score (nSPS) is 11.9. The molecule has 7 aromatic rings. The van der Waals surface area contributed by atoms with Gasteiger partial charge in [0.05, 0.1) is 22.8 Å². The summed E-state index contributed by atoms with van der Waals surface area (Å²) in [6.07, 6.45) is 8.75. The second kappa shape index (κ2) is 14.8. The zero-order valence-electron chi connectivity index (χ0n) is 33.8. The van der Waals surface area contributed by atoms with Crippen LogP contribution in [0, 0.1) is 55.4 Å². The summed E-state index contributed by atoms with van der Waals surface area (Å²) >= 11 is 0. The van der Waals surface area contributed by atoms with E-state index in [9.17, 15) is 0 Å². The van der Waals surface area contributed by atoms with Crippen molar-refractivity contribution in [2.75, 3.05) is 0 Å². The Bertz CT molecular complexity index is 2610. The van der Waals surface area contributed by atoms with Gasteiger partial charge in [0.15, 0.2) is 0 Å². The summed E-state index contributed by atoms with van der Waals surface area (Å²) in [5, 5.41) is 0. The molecule has 0 aliphatic carbocycles. The van der Waals surface area contributed by atoms with Gasteiger partial charge in [-0.2, -0.15) is 0 Å². The first-order valence-electron chi connectivity index (χ1n) is 19.5. The van der Waals surface area contributed by atoms with Gasteiger partial charge >= 0.3 is 0 Å². The fraction of sp³-hybridized carbons (Fsp3) is 0.154. The van der Waals surface area contributed by atoms with Crippen LogP contribution in [0.1, 0.15) is 67.3 Å². The van der Waals surface area contributed by atoms with Crippen LogP contribution in [0.3, 0.4) is 0 Å². The number of H-pyrrole nitrogens is 2. The summed E-state index contributed by atoms with van der Waals surface area (Å²) in [4.78, 5) is 18.9. The zero-order chi connectivity index (χ0) is 38.8. The van der Waals surface area contributed by atoms with E-state index < -0.39 is 0 Å². The molecule has 57 heavy (non-hydrogen) atoms. The fourth-order valence-corrected chi connectivity index (χ4v) is 8.43. The van der Waals surface area contributed by atoms with E-state index in [0.29, 0.717) is 0 Å². The van der Waals surface area contributed by atoms with E-state index in [1.54, 1.807) is 0 Å². The van der Waals surface area contributed by atoms with Crippen LogP contribution in [-0.2, 0) is 17.1 Å². The molecule has 9 rings (SSSR count). The zero-order valence-corrected chi connectivity index (χ0v) is 35.0. The van der Waals surface area contributed by atoms with E-state index >= 15 is 0 Å². The average molecular weight is 782 g/mol. The Hall–Kier alpha value is -6.00. The maximum Gasteiger partial charge on any atom is 0.0737 e.